The first-order valence-corrected chi connectivity index (χ1v) is 25.1. The fraction of sp³-hybridized carbons (Fsp3) is 0.0588. The maximum atomic E-state index is 14.2. The van der Waals surface area contributed by atoms with Crippen molar-refractivity contribution in [2.75, 3.05) is 0 Å². The predicted molar refractivity (Wildman–Crippen MR) is 303 cm³/mol. The van der Waals surface area contributed by atoms with Crippen LogP contribution in [0.3, 0.4) is 0 Å². The summed E-state index contributed by atoms with van der Waals surface area (Å²) in [4.78, 5) is 10.9. The molecule has 3 aromatic heterocycles. The van der Waals surface area contributed by atoms with Crippen molar-refractivity contribution >= 4 is 43.6 Å². The molecule has 7 heteroatoms. The molecule has 0 radical (unpaired) electrons. The third-order valence-electron chi connectivity index (χ3n) is 14.4. The summed E-state index contributed by atoms with van der Waals surface area (Å²) in [7, 11) is 0. The average Bonchev–Trinajstić information content (AvgIpc) is 3.98. The number of aromatic nitrogens is 4. The van der Waals surface area contributed by atoms with E-state index in [-0.39, 0.29) is 0 Å². The molecular formula is C68H47F3N4. The minimum atomic E-state index is -4.47. The van der Waals surface area contributed by atoms with E-state index in [1.54, 1.807) is 6.92 Å². The normalized spacial score (nSPS) is 11.9. The number of rotatable bonds is 8. The Hall–Kier alpha value is -9.33. The summed E-state index contributed by atoms with van der Waals surface area (Å²) < 4.78 is 47.2. The second kappa shape index (κ2) is 18.0. The van der Waals surface area contributed by atoms with E-state index in [0.29, 0.717) is 22.5 Å². The van der Waals surface area contributed by atoms with Gasteiger partial charge in [-0.3, -0.25) is 0 Å². The highest BCUT2D eigenvalue weighted by atomic mass is 19.4. The monoisotopic (exact) mass is 976 g/mol. The van der Waals surface area contributed by atoms with Crippen LogP contribution < -0.4 is 0 Å². The maximum absolute atomic E-state index is 14.2. The average molecular weight is 977 g/mol. The summed E-state index contributed by atoms with van der Waals surface area (Å²) in [5.74, 6) is 0.572. The first-order valence-electron chi connectivity index (χ1n) is 25.1. The molecule has 0 aliphatic carbocycles. The lowest BCUT2D eigenvalue weighted by atomic mass is 9.94. The number of fused-ring (bicyclic) bond motifs is 6. The zero-order chi connectivity index (χ0) is 51.0. The molecule has 0 amide bonds. The van der Waals surface area contributed by atoms with Crippen LogP contribution >= 0.6 is 0 Å². The Morgan fingerprint density at radius 2 is 0.787 bits per heavy atom. The fourth-order valence-corrected chi connectivity index (χ4v) is 11.2. The van der Waals surface area contributed by atoms with Gasteiger partial charge in [0.05, 0.1) is 50.4 Å². The number of para-hydroxylation sites is 3. The molecule has 0 atom stereocenters. The van der Waals surface area contributed by atoms with Crippen molar-refractivity contribution in [1.29, 1.82) is 0 Å². The first kappa shape index (κ1) is 45.5. The minimum absolute atomic E-state index is 0.514. The Morgan fingerprint density at radius 3 is 1.36 bits per heavy atom. The Bertz CT molecular complexity index is 4300. The van der Waals surface area contributed by atoms with E-state index in [1.165, 1.54) is 28.8 Å². The number of benzene rings is 10. The van der Waals surface area contributed by atoms with E-state index in [2.05, 4.69) is 169 Å². The van der Waals surface area contributed by atoms with Crippen molar-refractivity contribution in [2.24, 2.45) is 0 Å². The van der Waals surface area contributed by atoms with Crippen molar-refractivity contribution in [3.8, 4) is 78.7 Å². The molecule has 75 heavy (non-hydrogen) atoms. The van der Waals surface area contributed by atoms with Gasteiger partial charge in [-0.1, -0.05) is 175 Å². The topological polar surface area (TPSA) is 35.6 Å². The van der Waals surface area contributed by atoms with E-state index in [4.69, 9.17) is 9.97 Å². The second-order valence-electron chi connectivity index (χ2n) is 19.5. The number of hydrogen-bond donors (Lipinski definition) is 0. The van der Waals surface area contributed by atoms with Crippen LogP contribution in [0.2, 0.25) is 0 Å². The molecule has 13 rings (SSSR count). The summed E-state index contributed by atoms with van der Waals surface area (Å²) in [6.45, 7) is 6.00. The van der Waals surface area contributed by atoms with Gasteiger partial charge in [-0.15, -0.1) is 0 Å². The molecule has 13 aromatic rings. The largest absolute Gasteiger partial charge is 0.416 e. The highest BCUT2D eigenvalue weighted by Crippen LogP contribution is 2.46. The molecular weight excluding hydrogens is 930 g/mol. The Kier molecular flexibility index (Phi) is 10.9. The summed E-state index contributed by atoms with van der Waals surface area (Å²) in [5.41, 5.74) is 18.0. The molecule has 4 nitrogen and oxygen atoms in total. The quantitative estimate of drug-likeness (QED) is 0.152. The highest BCUT2D eigenvalue weighted by Gasteiger charge is 2.31. The third-order valence-corrected chi connectivity index (χ3v) is 14.4. The van der Waals surface area contributed by atoms with Crippen LogP contribution in [0.5, 0.6) is 0 Å². The van der Waals surface area contributed by atoms with Crippen LogP contribution in [-0.2, 0) is 6.18 Å². The van der Waals surface area contributed by atoms with Crippen LogP contribution in [0, 0.1) is 20.8 Å². The SMILES string of the molecule is Cc1cc(C)cc(-c2ccc3c(c2)c2ccccc2n3-c2cccc(-c3nc(-c4ccccc4)cc(-c4ccccc4)n3)c2-c2ccccc2-n2c3ccccc3c3cc(-c4cc(C)cc(C(F)(F)F)c4)ccc32)c1. The van der Waals surface area contributed by atoms with E-state index in [9.17, 15) is 13.2 Å². The van der Waals surface area contributed by atoms with Gasteiger partial charge in [0.15, 0.2) is 5.82 Å². The van der Waals surface area contributed by atoms with Gasteiger partial charge < -0.3 is 9.13 Å². The van der Waals surface area contributed by atoms with Gasteiger partial charge in [0.1, 0.15) is 0 Å². The van der Waals surface area contributed by atoms with E-state index >= 15 is 0 Å². The Morgan fingerprint density at radius 1 is 0.333 bits per heavy atom. The lowest BCUT2D eigenvalue weighted by Crippen LogP contribution is -2.05. The van der Waals surface area contributed by atoms with Crippen molar-refractivity contribution < 1.29 is 13.2 Å². The number of alkyl halides is 3. The zero-order valence-corrected chi connectivity index (χ0v) is 41.4. The number of hydrogen-bond acceptors (Lipinski definition) is 2. The molecule has 10 aromatic carbocycles. The molecule has 0 saturated carbocycles. The van der Waals surface area contributed by atoms with Gasteiger partial charge in [-0.05, 0) is 115 Å². The lowest BCUT2D eigenvalue weighted by Gasteiger charge is -2.21. The van der Waals surface area contributed by atoms with E-state index in [1.807, 2.05) is 72.8 Å². The van der Waals surface area contributed by atoms with Crippen LogP contribution in [0.1, 0.15) is 22.3 Å². The van der Waals surface area contributed by atoms with Crippen LogP contribution in [0.15, 0.2) is 231 Å². The molecule has 0 bridgehead atoms. The summed E-state index contributed by atoms with van der Waals surface area (Å²) >= 11 is 0. The van der Waals surface area contributed by atoms with Gasteiger partial charge in [-0.25, -0.2) is 9.97 Å². The summed E-state index contributed by atoms with van der Waals surface area (Å²) in [6, 6.07) is 78.2. The molecule has 0 aliphatic heterocycles. The predicted octanol–water partition coefficient (Wildman–Crippen LogP) is 18.6. The molecule has 0 aliphatic rings. The van der Waals surface area contributed by atoms with Gasteiger partial charge in [0.25, 0.3) is 0 Å². The minimum Gasteiger partial charge on any atom is -0.309 e. The van der Waals surface area contributed by atoms with E-state index in [0.717, 1.165) is 99.8 Å². The fourth-order valence-electron chi connectivity index (χ4n) is 11.2. The summed E-state index contributed by atoms with van der Waals surface area (Å²) in [5, 5.41) is 4.17. The van der Waals surface area contributed by atoms with Crippen molar-refractivity contribution in [1.82, 2.24) is 19.1 Å². The molecule has 0 fully saturated rings. The van der Waals surface area contributed by atoms with Gasteiger partial charge in [-0.2, -0.15) is 13.2 Å². The van der Waals surface area contributed by atoms with Crippen LogP contribution in [-0.4, -0.2) is 19.1 Å². The smallest absolute Gasteiger partial charge is 0.309 e. The molecule has 0 saturated heterocycles. The van der Waals surface area contributed by atoms with Crippen molar-refractivity contribution in [3.05, 3.63) is 253 Å². The third kappa shape index (κ3) is 8.05. The van der Waals surface area contributed by atoms with Crippen LogP contribution in [0.25, 0.3) is 122 Å². The zero-order valence-electron chi connectivity index (χ0n) is 41.4. The number of halogens is 3. The van der Waals surface area contributed by atoms with Gasteiger partial charge in [0, 0.05) is 49.4 Å². The molecule has 3 heterocycles. The lowest BCUT2D eigenvalue weighted by molar-refractivity contribution is -0.137. The number of aryl methyl sites for hydroxylation is 3. The van der Waals surface area contributed by atoms with Gasteiger partial charge in [0.2, 0.25) is 0 Å². The Balaban J connectivity index is 1.11. The van der Waals surface area contributed by atoms with Crippen LogP contribution in [0.4, 0.5) is 13.2 Å². The standard InChI is InChI=1S/C68H47F3N4/c1-42-33-43(2)35-49(34-42)47-29-32-64-57(39-47)53-22-11-14-26-61(53)75(64)65-28-16-24-55(67-72-58(45-17-6-4-7-18-45)41-59(73-67)46-19-8-5-9-20-46)66(65)54-23-12-15-27-62(54)74-60-25-13-10-21-52(60)56-40-48(30-31-63(56)74)50-36-44(3)37-51(38-50)68(69,70)71/h4-41H,1-3H3. The van der Waals surface area contributed by atoms with Crippen molar-refractivity contribution in [3.63, 3.8) is 0 Å². The maximum Gasteiger partial charge on any atom is 0.416 e. The van der Waals surface area contributed by atoms with E-state index < -0.39 is 11.7 Å². The summed E-state index contributed by atoms with van der Waals surface area (Å²) in [6.07, 6.45) is -4.47. The Labute approximate surface area is 432 Å². The second-order valence-corrected chi connectivity index (χ2v) is 19.5. The number of nitrogens with zero attached hydrogens (tertiary/aromatic N) is 4. The first-order chi connectivity index (χ1) is 36.5. The molecule has 0 spiro atoms. The molecule has 360 valence electrons. The molecule has 0 unspecified atom stereocenters. The van der Waals surface area contributed by atoms with Gasteiger partial charge >= 0.3 is 6.18 Å². The van der Waals surface area contributed by atoms with Crippen molar-refractivity contribution in [2.45, 2.75) is 26.9 Å². The molecule has 0 N–H and O–H groups in total. The highest BCUT2D eigenvalue weighted by molar-refractivity contribution is 6.13.